The first-order valence-corrected chi connectivity index (χ1v) is 10.7. The summed E-state index contributed by atoms with van der Waals surface area (Å²) >= 11 is 0. The minimum atomic E-state index is -0.0161. The van der Waals surface area contributed by atoms with Crippen molar-refractivity contribution in [3.8, 4) is 0 Å². The summed E-state index contributed by atoms with van der Waals surface area (Å²) in [5.41, 5.74) is 0.530. The van der Waals surface area contributed by atoms with Crippen LogP contribution in [0.3, 0.4) is 0 Å². The molecule has 0 bridgehead atoms. The van der Waals surface area contributed by atoms with Crippen molar-refractivity contribution in [3.05, 3.63) is 16.6 Å². The van der Waals surface area contributed by atoms with Crippen molar-refractivity contribution in [3.63, 3.8) is 0 Å². The average molecular weight is 386 g/mol. The lowest BCUT2D eigenvalue weighted by atomic mass is 9.93. The van der Waals surface area contributed by atoms with Gasteiger partial charge in [0.15, 0.2) is 5.65 Å². The van der Waals surface area contributed by atoms with Crippen molar-refractivity contribution in [2.24, 2.45) is 14.1 Å². The quantitative estimate of drug-likeness (QED) is 0.779. The van der Waals surface area contributed by atoms with Gasteiger partial charge in [-0.25, -0.2) is 0 Å². The molecule has 28 heavy (non-hydrogen) atoms. The molecule has 2 aliphatic heterocycles. The smallest absolute Gasteiger partial charge is 0.265 e. The van der Waals surface area contributed by atoms with Crippen LogP contribution < -0.4 is 10.5 Å². The van der Waals surface area contributed by atoms with Crippen LogP contribution in [0.25, 0.3) is 11.0 Å². The molecule has 2 saturated heterocycles. The fraction of sp³-hybridized carbons (Fsp3) is 0.750. The Balaban J connectivity index is 1.21. The van der Waals surface area contributed by atoms with Gasteiger partial charge in [-0.05, 0) is 12.8 Å². The van der Waals surface area contributed by atoms with Gasteiger partial charge in [-0.1, -0.05) is 19.3 Å². The van der Waals surface area contributed by atoms with Gasteiger partial charge >= 0.3 is 0 Å². The molecule has 0 aromatic carbocycles. The van der Waals surface area contributed by atoms with E-state index in [1.165, 1.54) is 58.3 Å². The third-order valence-corrected chi connectivity index (χ3v) is 6.95. The average Bonchev–Trinajstić information content (AvgIpc) is 3.06. The Morgan fingerprint density at radius 1 is 0.929 bits per heavy atom. The van der Waals surface area contributed by atoms with Gasteiger partial charge in [-0.3, -0.25) is 23.8 Å². The maximum Gasteiger partial charge on any atom is 0.265 e. The zero-order valence-electron chi connectivity index (χ0n) is 17.0. The van der Waals surface area contributed by atoms with E-state index >= 15 is 0 Å². The van der Waals surface area contributed by atoms with E-state index in [1.54, 1.807) is 15.4 Å². The van der Waals surface area contributed by atoms with Crippen molar-refractivity contribution < 1.29 is 0 Å². The minimum absolute atomic E-state index is 0.0161. The summed E-state index contributed by atoms with van der Waals surface area (Å²) in [6.07, 6.45) is 8.79. The highest BCUT2D eigenvalue weighted by Crippen LogP contribution is 2.26. The highest BCUT2D eigenvalue weighted by molar-refractivity contribution is 5.74. The molecule has 5 rings (SSSR count). The van der Waals surface area contributed by atoms with Crippen molar-refractivity contribution in [2.45, 2.75) is 44.2 Å². The van der Waals surface area contributed by atoms with Crippen molar-refractivity contribution >= 4 is 17.0 Å². The van der Waals surface area contributed by atoms with E-state index in [0.29, 0.717) is 17.1 Å². The molecule has 0 radical (unpaired) electrons. The summed E-state index contributed by atoms with van der Waals surface area (Å²) in [5, 5.41) is 4.92. The fourth-order valence-electron chi connectivity index (χ4n) is 5.20. The molecule has 0 spiro atoms. The Kier molecular flexibility index (Phi) is 4.63. The molecule has 8 nitrogen and oxygen atoms in total. The van der Waals surface area contributed by atoms with E-state index in [-0.39, 0.29) is 5.56 Å². The Morgan fingerprint density at radius 3 is 2.25 bits per heavy atom. The van der Waals surface area contributed by atoms with Gasteiger partial charge in [-0.2, -0.15) is 10.1 Å². The molecule has 0 unspecified atom stereocenters. The van der Waals surface area contributed by atoms with Crippen LogP contribution in [0.4, 0.5) is 5.95 Å². The Hall–Kier alpha value is -1.93. The molecule has 3 aliphatic rings. The lowest BCUT2D eigenvalue weighted by molar-refractivity contribution is 0.0484. The molecule has 3 fully saturated rings. The summed E-state index contributed by atoms with van der Waals surface area (Å²) in [5.74, 6) is 0.744. The number of hydrogen-bond acceptors (Lipinski definition) is 6. The van der Waals surface area contributed by atoms with E-state index in [2.05, 4.69) is 24.8 Å². The van der Waals surface area contributed by atoms with E-state index in [9.17, 15) is 4.79 Å². The molecule has 8 heteroatoms. The van der Waals surface area contributed by atoms with Crippen LogP contribution in [0.15, 0.2) is 11.0 Å². The number of piperazine rings is 1. The summed E-state index contributed by atoms with van der Waals surface area (Å²) in [7, 11) is 3.64. The maximum absolute atomic E-state index is 12.6. The largest absolute Gasteiger partial charge is 0.339 e. The predicted molar refractivity (Wildman–Crippen MR) is 110 cm³/mol. The lowest BCUT2D eigenvalue weighted by Crippen LogP contribution is -2.64. The highest BCUT2D eigenvalue weighted by atomic mass is 16.1. The second-order valence-corrected chi connectivity index (χ2v) is 8.74. The molecule has 1 aliphatic carbocycles. The van der Waals surface area contributed by atoms with Gasteiger partial charge in [0.05, 0.1) is 0 Å². The van der Waals surface area contributed by atoms with E-state index in [0.717, 1.165) is 25.1 Å². The Labute approximate surface area is 165 Å². The number of aromatic nitrogens is 4. The summed E-state index contributed by atoms with van der Waals surface area (Å²) in [6.45, 7) is 6.64. The number of rotatable bonds is 3. The Morgan fingerprint density at radius 2 is 1.57 bits per heavy atom. The van der Waals surface area contributed by atoms with Crippen LogP contribution in [-0.4, -0.2) is 80.5 Å². The summed E-state index contributed by atoms with van der Waals surface area (Å²) < 4.78 is 3.33. The van der Waals surface area contributed by atoms with Gasteiger partial charge in [0.1, 0.15) is 5.39 Å². The summed E-state index contributed by atoms with van der Waals surface area (Å²) in [6, 6.07) is 1.41. The van der Waals surface area contributed by atoms with Crippen LogP contribution in [0.1, 0.15) is 32.1 Å². The molecule has 4 heterocycles. The standard InChI is InChI=1S/C20H31N7O/c1-23-14-17-18(22-23)21-20(24(2)19(17)28)27-12-16(13-27)26-10-8-25(9-11-26)15-6-4-3-5-7-15/h14-16H,3-13H2,1-2H3. The topological polar surface area (TPSA) is 62.4 Å². The molecular formula is C20H31N7O. The van der Waals surface area contributed by atoms with Gasteiger partial charge in [0, 0.05) is 71.6 Å². The molecular weight excluding hydrogens is 354 g/mol. The van der Waals surface area contributed by atoms with Crippen LogP contribution in [-0.2, 0) is 14.1 Å². The highest BCUT2D eigenvalue weighted by Gasteiger charge is 2.36. The molecule has 2 aromatic heterocycles. The first-order chi connectivity index (χ1) is 13.6. The molecule has 0 amide bonds. The van der Waals surface area contributed by atoms with E-state index < -0.39 is 0 Å². The van der Waals surface area contributed by atoms with Crippen molar-refractivity contribution in [1.29, 1.82) is 0 Å². The van der Waals surface area contributed by atoms with Gasteiger partial charge in [-0.15, -0.1) is 0 Å². The van der Waals surface area contributed by atoms with Crippen molar-refractivity contribution in [2.75, 3.05) is 44.2 Å². The zero-order chi connectivity index (χ0) is 19.3. The zero-order valence-corrected chi connectivity index (χ0v) is 17.0. The predicted octanol–water partition coefficient (Wildman–Crippen LogP) is 0.806. The molecule has 0 N–H and O–H groups in total. The lowest BCUT2D eigenvalue weighted by Gasteiger charge is -2.49. The number of aryl methyl sites for hydroxylation is 1. The number of hydrogen-bond donors (Lipinski definition) is 0. The van der Waals surface area contributed by atoms with E-state index in [4.69, 9.17) is 0 Å². The second-order valence-electron chi connectivity index (χ2n) is 8.74. The van der Waals surface area contributed by atoms with Gasteiger partial charge < -0.3 is 4.90 Å². The summed E-state index contributed by atoms with van der Waals surface area (Å²) in [4.78, 5) is 24.8. The normalized spacial score (nSPS) is 23.4. The number of anilines is 1. The third-order valence-electron chi connectivity index (χ3n) is 6.95. The number of nitrogens with zero attached hydrogens (tertiary/aromatic N) is 7. The van der Waals surface area contributed by atoms with Gasteiger partial charge in [0.2, 0.25) is 5.95 Å². The molecule has 0 atom stereocenters. The second kappa shape index (κ2) is 7.15. The SMILES string of the molecule is Cn1cc2c(=O)n(C)c(N3CC(N4CCN(C5CCCCC5)CC4)C3)nc2n1. The maximum atomic E-state index is 12.6. The molecule has 2 aromatic rings. The van der Waals surface area contributed by atoms with Gasteiger partial charge in [0.25, 0.3) is 5.56 Å². The third kappa shape index (κ3) is 3.12. The first kappa shape index (κ1) is 18.1. The van der Waals surface area contributed by atoms with Crippen molar-refractivity contribution in [1.82, 2.24) is 29.1 Å². The van der Waals surface area contributed by atoms with E-state index in [1.807, 2.05) is 14.1 Å². The fourth-order valence-corrected chi connectivity index (χ4v) is 5.20. The van der Waals surface area contributed by atoms with Crippen LogP contribution in [0.2, 0.25) is 0 Å². The monoisotopic (exact) mass is 385 g/mol. The van der Waals surface area contributed by atoms with Crippen LogP contribution in [0, 0.1) is 0 Å². The molecule has 152 valence electrons. The minimum Gasteiger partial charge on any atom is -0.339 e. The van der Waals surface area contributed by atoms with Crippen LogP contribution >= 0.6 is 0 Å². The molecule has 1 saturated carbocycles. The number of fused-ring (bicyclic) bond motifs is 1. The van der Waals surface area contributed by atoms with Crippen LogP contribution in [0.5, 0.6) is 0 Å². The Bertz CT molecular complexity index is 899. The first-order valence-electron chi connectivity index (χ1n) is 10.7.